The minimum Gasteiger partial charge on any atom is -0.493 e. The zero-order chi connectivity index (χ0) is 12.0. The highest BCUT2D eigenvalue weighted by Crippen LogP contribution is 2.27. The number of aldehydes is 1. The number of benzene rings is 1. The van der Waals surface area contributed by atoms with Gasteiger partial charge in [-0.25, -0.2) is 4.39 Å². The van der Waals surface area contributed by atoms with Gasteiger partial charge in [0.2, 0.25) is 0 Å². The second kappa shape index (κ2) is 6.07. The second-order valence-electron chi connectivity index (χ2n) is 2.89. The average Bonchev–Trinajstić information content (AvgIpc) is 2.29. The van der Waals surface area contributed by atoms with Gasteiger partial charge in [-0.05, 0) is 19.1 Å². The lowest BCUT2D eigenvalue weighted by Gasteiger charge is -2.10. The summed E-state index contributed by atoms with van der Waals surface area (Å²) >= 11 is 0. The third-order valence-electron chi connectivity index (χ3n) is 1.85. The van der Waals surface area contributed by atoms with Crippen molar-refractivity contribution in [3.8, 4) is 11.5 Å². The lowest BCUT2D eigenvalue weighted by Crippen LogP contribution is -2.04. The molecule has 0 fully saturated rings. The Morgan fingerprint density at radius 1 is 1.31 bits per heavy atom. The minimum absolute atomic E-state index is 0.0348. The maximum Gasteiger partial charge on any atom is 0.188 e. The van der Waals surface area contributed by atoms with Crippen molar-refractivity contribution in [1.29, 1.82) is 0 Å². The third kappa shape index (κ3) is 2.70. The Kier molecular flexibility index (Phi) is 4.72. The van der Waals surface area contributed by atoms with Gasteiger partial charge in [-0.3, -0.25) is 4.79 Å². The third-order valence-corrected chi connectivity index (χ3v) is 1.85. The largest absolute Gasteiger partial charge is 0.493 e. The van der Waals surface area contributed by atoms with Gasteiger partial charge >= 0.3 is 0 Å². The van der Waals surface area contributed by atoms with Gasteiger partial charge in [0.1, 0.15) is 5.75 Å². The van der Waals surface area contributed by atoms with Gasteiger partial charge in [-0.15, -0.1) is 0 Å². The van der Waals surface area contributed by atoms with E-state index < -0.39 is 5.82 Å². The zero-order valence-corrected chi connectivity index (χ0v) is 9.16. The summed E-state index contributed by atoms with van der Waals surface area (Å²) in [5.41, 5.74) is -0.143. The molecule has 0 atom stereocenters. The van der Waals surface area contributed by atoms with E-state index in [0.29, 0.717) is 12.9 Å². The topological polar surface area (TPSA) is 44.8 Å². The first-order valence-electron chi connectivity index (χ1n) is 4.76. The molecule has 0 aliphatic heterocycles. The molecule has 1 aromatic carbocycles. The fourth-order valence-electron chi connectivity index (χ4n) is 1.18. The molecule has 0 aliphatic rings. The van der Waals surface area contributed by atoms with Crippen LogP contribution in [0, 0.1) is 5.82 Å². The lowest BCUT2D eigenvalue weighted by atomic mass is 10.2. The number of methoxy groups -OCH3 is 1. The number of hydrogen-bond donors (Lipinski definition) is 0. The van der Waals surface area contributed by atoms with Crippen molar-refractivity contribution < 1.29 is 23.4 Å². The van der Waals surface area contributed by atoms with E-state index in [1.807, 2.05) is 0 Å². The maximum atomic E-state index is 13.7. The van der Waals surface area contributed by atoms with E-state index in [-0.39, 0.29) is 23.9 Å². The van der Waals surface area contributed by atoms with Crippen LogP contribution in [0.25, 0.3) is 0 Å². The van der Waals surface area contributed by atoms with Gasteiger partial charge in [-0.1, -0.05) is 0 Å². The van der Waals surface area contributed by atoms with E-state index in [9.17, 15) is 9.18 Å². The van der Waals surface area contributed by atoms with Crippen molar-refractivity contribution in [2.45, 2.75) is 6.92 Å². The van der Waals surface area contributed by atoms with Gasteiger partial charge in [-0.2, -0.15) is 0 Å². The molecular formula is C11H13FO4. The standard InChI is InChI=1S/C11H13FO4/c1-3-15-9-4-5-10(16-7-14-2)11(12)8(9)6-13/h4-6H,3,7H2,1-2H3. The summed E-state index contributed by atoms with van der Waals surface area (Å²) in [7, 11) is 1.42. The highest BCUT2D eigenvalue weighted by Gasteiger charge is 2.14. The van der Waals surface area contributed by atoms with Crippen LogP contribution in [0.4, 0.5) is 4.39 Å². The molecule has 0 radical (unpaired) electrons. The quantitative estimate of drug-likeness (QED) is 0.552. The number of ether oxygens (including phenoxy) is 3. The van der Waals surface area contributed by atoms with Crippen LogP contribution >= 0.6 is 0 Å². The highest BCUT2D eigenvalue weighted by molar-refractivity contribution is 5.80. The first-order chi connectivity index (χ1) is 7.74. The van der Waals surface area contributed by atoms with Gasteiger partial charge in [0.15, 0.2) is 24.6 Å². The molecule has 1 rings (SSSR count). The predicted octanol–water partition coefficient (Wildman–Crippen LogP) is 2.02. The van der Waals surface area contributed by atoms with Crippen LogP contribution < -0.4 is 9.47 Å². The van der Waals surface area contributed by atoms with Crippen LogP contribution in [0.2, 0.25) is 0 Å². The van der Waals surface area contributed by atoms with Gasteiger partial charge in [0.05, 0.1) is 12.2 Å². The van der Waals surface area contributed by atoms with Gasteiger partial charge < -0.3 is 14.2 Å². The molecule has 88 valence electrons. The normalized spacial score (nSPS) is 9.94. The Balaban J connectivity index is 3.02. The molecule has 0 aromatic heterocycles. The van der Waals surface area contributed by atoms with Crippen molar-refractivity contribution in [1.82, 2.24) is 0 Å². The Labute approximate surface area is 92.9 Å². The molecule has 0 aliphatic carbocycles. The Morgan fingerprint density at radius 2 is 2.00 bits per heavy atom. The SMILES string of the molecule is CCOc1ccc(OCOC)c(F)c1C=O. The molecule has 0 N–H and O–H groups in total. The van der Waals surface area contributed by atoms with Gasteiger partial charge in [0.25, 0.3) is 0 Å². The van der Waals surface area contributed by atoms with E-state index in [1.165, 1.54) is 19.2 Å². The number of halogens is 1. The summed E-state index contributed by atoms with van der Waals surface area (Å²) in [6.45, 7) is 2.03. The fraction of sp³-hybridized carbons (Fsp3) is 0.364. The van der Waals surface area contributed by atoms with Crippen LogP contribution in [0.1, 0.15) is 17.3 Å². The summed E-state index contributed by atoms with van der Waals surface area (Å²) in [6.07, 6.45) is 0.403. The van der Waals surface area contributed by atoms with Crippen LogP contribution in [0.3, 0.4) is 0 Å². The number of rotatable bonds is 6. The van der Waals surface area contributed by atoms with Crippen molar-refractivity contribution in [2.75, 3.05) is 20.5 Å². The van der Waals surface area contributed by atoms with E-state index in [1.54, 1.807) is 6.92 Å². The smallest absolute Gasteiger partial charge is 0.188 e. The van der Waals surface area contributed by atoms with E-state index >= 15 is 0 Å². The van der Waals surface area contributed by atoms with Crippen molar-refractivity contribution in [3.63, 3.8) is 0 Å². The maximum absolute atomic E-state index is 13.7. The zero-order valence-electron chi connectivity index (χ0n) is 9.16. The monoisotopic (exact) mass is 228 g/mol. The summed E-state index contributed by atoms with van der Waals surface area (Å²) in [5, 5.41) is 0. The second-order valence-corrected chi connectivity index (χ2v) is 2.89. The number of carbonyl (C=O) groups excluding carboxylic acids is 1. The van der Waals surface area contributed by atoms with E-state index in [4.69, 9.17) is 9.47 Å². The summed E-state index contributed by atoms with van der Waals surface area (Å²) in [6, 6.07) is 2.88. The first kappa shape index (κ1) is 12.4. The minimum atomic E-state index is -0.738. The summed E-state index contributed by atoms with van der Waals surface area (Å²) in [5.74, 6) is -0.565. The Hall–Kier alpha value is -1.62. The van der Waals surface area contributed by atoms with E-state index in [2.05, 4.69) is 4.74 Å². The number of hydrogen-bond acceptors (Lipinski definition) is 4. The molecule has 0 bridgehead atoms. The molecule has 1 aromatic rings. The van der Waals surface area contributed by atoms with Crippen LogP contribution in [-0.4, -0.2) is 26.8 Å². The van der Waals surface area contributed by atoms with Crippen LogP contribution in [0.5, 0.6) is 11.5 Å². The summed E-state index contributed by atoms with van der Waals surface area (Å²) < 4.78 is 28.4. The highest BCUT2D eigenvalue weighted by atomic mass is 19.1. The predicted molar refractivity (Wildman–Crippen MR) is 55.5 cm³/mol. The van der Waals surface area contributed by atoms with Crippen molar-refractivity contribution in [2.24, 2.45) is 0 Å². The van der Waals surface area contributed by atoms with Gasteiger partial charge in [0, 0.05) is 7.11 Å². The molecular weight excluding hydrogens is 215 g/mol. The van der Waals surface area contributed by atoms with Crippen LogP contribution in [0.15, 0.2) is 12.1 Å². The Morgan fingerprint density at radius 3 is 2.56 bits per heavy atom. The molecule has 0 saturated heterocycles. The molecule has 5 heteroatoms. The lowest BCUT2D eigenvalue weighted by molar-refractivity contribution is 0.0480. The molecule has 0 heterocycles. The molecule has 0 unspecified atom stereocenters. The molecule has 16 heavy (non-hydrogen) atoms. The molecule has 4 nitrogen and oxygen atoms in total. The van der Waals surface area contributed by atoms with E-state index in [0.717, 1.165) is 0 Å². The first-order valence-corrected chi connectivity index (χ1v) is 4.76. The molecule has 0 spiro atoms. The fourth-order valence-corrected chi connectivity index (χ4v) is 1.18. The summed E-state index contributed by atoms with van der Waals surface area (Å²) in [4.78, 5) is 10.7. The van der Waals surface area contributed by atoms with Crippen molar-refractivity contribution >= 4 is 6.29 Å². The molecule has 0 amide bonds. The molecule has 0 saturated carbocycles. The van der Waals surface area contributed by atoms with Crippen LogP contribution in [-0.2, 0) is 4.74 Å². The average molecular weight is 228 g/mol. The Bertz CT molecular complexity index is 365. The number of carbonyl (C=O) groups is 1. The van der Waals surface area contributed by atoms with Crippen molar-refractivity contribution in [3.05, 3.63) is 23.5 Å².